The van der Waals surface area contributed by atoms with Crippen molar-refractivity contribution in [3.63, 3.8) is 0 Å². The van der Waals surface area contributed by atoms with Gasteiger partial charge in [0.05, 0.1) is 0 Å². The third kappa shape index (κ3) is 4.23. The molecule has 2 aromatic carbocycles. The summed E-state index contributed by atoms with van der Waals surface area (Å²) in [5, 5.41) is 21.7. The van der Waals surface area contributed by atoms with E-state index in [-0.39, 0.29) is 11.7 Å². The minimum Gasteiger partial charge on any atom is -0.508 e. The first-order valence-corrected chi connectivity index (χ1v) is 9.27. The summed E-state index contributed by atoms with van der Waals surface area (Å²) < 4.78 is 2.06. The summed E-state index contributed by atoms with van der Waals surface area (Å²) in [5.74, 6) is 1.70. The number of aromatic hydroxyl groups is 1. The smallest absolute Gasteiger partial charge is 0.221 e. The first kappa shape index (κ1) is 18.0. The number of thioether (sulfide) groups is 1. The van der Waals surface area contributed by atoms with Gasteiger partial charge in [0.15, 0.2) is 11.0 Å². The Morgan fingerprint density at radius 1 is 1.12 bits per heavy atom. The van der Waals surface area contributed by atoms with Crippen molar-refractivity contribution in [1.29, 1.82) is 0 Å². The predicted octanol–water partition coefficient (Wildman–Crippen LogP) is 3.92. The molecule has 0 aliphatic carbocycles. The maximum Gasteiger partial charge on any atom is 0.221 e. The molecule has 0 atom stereocenters. The van der Waals surface area contributed by atoms with Gasteiger partial charge in [-0.3, -0.25) is 4.79 Å². The van der Waals surface area contributed by atoms with Crippen LogP contribution in [0.1, 0.15) is 19.4 Å². The lowest BCUT2D eigenvalue weighted by Crippen LogP contribution is -2.05. The third-order valence-corrected chi connectivity index (χ3v) is 4.84. The van der Waals surface area contributed by atoms with Crippen LogP contribution in [-0.4, -0.2) is 25.8 Å². The van der Waals surface area contributed by atoms with E-state index in [0.29, 0.717) is 0 Å². The van der Waals surface area contributed by atoms with E-state index in [4.69, 9.17) is 0 Å². The van der Waals surface area contributed by atoms with Crippen LogP contribution in [0, 0.1) is 0 Å². The van der Waals surface area contributed by atoms with Crippen LogP contribution in [0.3, 0.4) is 0 Å². The Kier molecular flexibility index (Phi) is 5.58. The highest BCUT2D eigenvalue weighted by Crippen LogP contribution is 2.27. The van der Waals surface area contributed by atoms with E-state index in [1.807, 2.05) is 36.4 Å². The molecule has 0 unspecified atom stereocenters. The highest BCUT2D eigenvalue weighted by atomic mass is 32.2. The average molecular weight is 368 g/mol. The van der Waals surface area contributed by atoms with E-state index in [2.05, 4.69) is 27.0 Å². The lowest BCUT2D eigenvalue weighted by molar-refractivity contribution is -0.114. The summed E-state index contributed by atoms with van der Waals surface area (Å²) in [6.07, 6.45) is 0. The number of phenolic OH excluding ortho intramolecular Hbond substituents is 1. The number of rotatable bonds is 6. The number of phenols is 1. The van der Waals surface area contributed by atoms with Crippen molar-refractivity contribution < 1.29 is 9.90 Å². The van der Waals surface area contributed by atoms with Crippen molar-refractivity contribution in [2.45, 2.75) is 31.3 Å². The Morgan fingerprint density at radius 3 is 2.42 bits per heavy atom. The second kappa shape index (κ2) is 8.05. The standard InChI is InChI=1S/C19H20N4O2S/c1-3-23-18(15-6-10-17(25)11-7-15)21-22-19(23)26-12-14-4-8-16(9-5-14)20-13(2)24/h4-11,25H,3,12H2,1-2H3,(H,20,24). The number of aromatic nitrogens is 3. The second-order valence-corrected chi connectivity index (χ2v) is 6.71. The molecule has 0 spiro atoms. The number of nitrogens with one attached hydrogen (secondary N) is 1. The van der Waals surface area contributed by atoms with Gasteiger partial charge in [-0.25, -0.2) is 0 Å². The first-order valence-electron chi connectivity index (χ1n) is 8.28. The summed E-state index contributed by atoms with van der Waals surface area (Å²) in [7, 11) is 0. The zero-order valence-corrected chi connectivity index (χ0v) is 15.5. The van der Waals surface area contributed by atoms with Gasteiger partial charge < -0.3 is 15.0 Å². The number of nitrogens with zero attached hydrogens (tertiary/aromatic N) is 3. The molecule has 0 bridgehead atoms. The van der Waals surface area contributed by atoms with E-state index in [1.165, 1.54) is 6.92 Å². The maximum absolute atomic E-state index is 11.1. The maximum atomic E-state index is 11.1. The Morgan fingerprint density at radius 2 is 1.81 bits per heavy atom. The summed E-state index contributed by atoms with van der Waals surface area (Å²) in [6, 6.07) is 14.7. The van der Waals surface area contributed by atoms with E-state index >= 15 is 0 Å². The van der Waals surface area contributed by atoms with Crippen LogP contribution >= 0.6 is 11.8 Å². The molecule has 6 nitrogen and oxygen atoms in total. The minimum atomic E-state index is -0.0788. The molecule has 7 heteroatoms. The highest BCUT2D eigenvalue weighted by Gasteiger charge is 2.13. The number of benzene rings is 2. The van der Waals surface area contributed by atoms with Crippen molar-refractivity contribution in [3.8, 4) is 17.1 Å². The lowest BCUT2D eigenvalue weighted by Gasteiger charge is -2.08. The monoisotopic (exact) mass is 368 g/mol. The molecule has 134 valence electrons. The Hall–Kier alpha value is -2.80. The number of hydrogen-bond acceptors (Lipinski definition) is 5. The van der Waals surface area contributed by atoms with Gasteiger partial charge in [-0.1, -0.05) is 23.9 Å². The van der Waals surface area contributed by atoms with Gasteiger partial charge in [-0.2, -0.15) is 0 Å². The zero-order chi connectivity index (χ0) is 18.5. The van der Waals surface area contributed by atoms with Crippen LogP contribution in [0.15, 0.2) is 53.7 Å². The largest absolute Gasteiger partial charge is 0.508 e. The fraction of sp³-hybridized carbons (Fsp3) is 0.211. The quantitative estimate of drug-likeness (QED) is 0.645. The SMILES string of the molecule is CCn1c(SCc2ccc(NC(C)=O)cc2)nnc1-c1ccc(O)cc1. The van der Waals surface area contributed by atoms with Crippen molar-refractivity contribution in [2.75, 3.05) is 5.32 Å². The number of carbonyl (C=O) groups excluding carboxylic acids is 1. The predicted molar refractivity (Wildman–Crippen MR) is 103 cm³/mol. The van der Waals surface area contributed by atoms with Gasteiger partial charge in [0.1, 0.15) is 5.75 Å². The van der Waals surface area contributed by atoms with E-state index in [0.717, 1.165) is 40.1 Å². The molecule has 0 fully saturated rings. The topological polar surface area (TPSA) is 80.0 Å². The summed E-state index contributed by atoms with van der Waals surface area (Å²) >= 11 is 1.62. The molecule has 0 radical (unpaired) electrons. The van der Waals surface area contributed by atoms with E-state index in [1.54, 1.807) is 23.9 Å². The lowest BCUT2D eigenvalue weighted by atomic mass is 10.2. The molecule has 3 aromatic rings. The van der Waals surface area contributed by atoms with Crippen molar-refractivity contribution in [2.24, 2.45) is 0 Å². The zero-order valence-electron chi connectivity index (χ0n) is 14.6. The fourth-order valence-electron chi connectivity index (χ4n) is 2.54. The van der Waals surface area contributed by atoms with E-state index < -0.39 is 0 Å². The average Bonchev–Trinajstić information content (AvgIpc) is 3.04. The van der Waals surface area contributed by atoms with Gasteiger partial charge in [0.2, 0.25) is 5.91 Å². The highest BCUT2D eigenvalue weighted by molar-refractivity contribution is 7.98. The van der Waals surface area contributed by atoms with Gasteiger partial charge in [-0.15, -0.1) is 10.2 Å². The molecule has 2 N–H and O–H groups in total. The normalized spacial score (nSPS) is 10.7. The molecule has 26 heavy (non-hydrogen) atoms. The Bertz CT molecular complexity index is 889. The molecule has 1 heterocycles. The summed E-state index contributed by atoms with van der Waals surface area (Å²) in [5.41, 5.74) is 2.85. The van der Waals surface area contributed by atoms with Crippen LogP contribution in [0.25, 0.3) is 11.4 Å². The van der Waals surface area contributed by atoms with E-state index in [9.17, 15) is 9.90 Å². The molecule has 1 amide bonds. The number of hydrogen-bond donors (Lipinski definition) is 2. The summed E-state index contributed by atoms with van der Waals surface area (Å²) in [6.45, 7) is 4.31. The second-order valence-electron chi connectivity index (χ2n) is 5.76. The van der Waals surface area contributed by atoms with Gasteiger partial charge >= 0.3 is 0 Å². The summed E-state index contributed by atoms with van der Waals surface area (Å²) in [4.78, 5) is 11.1. The van der Waals surface area contributed by atoms with Crippen LogP contribution in [0.2, 0.25) is 0 Å². The van der Waals surface area contributed by atoms with Crippen molar-refractivity contribution >= 4 is 23.4 Å². The third-order valence-electron chi connectivity index (χ3n) is 3.80. The van der Waals surface area contributed by atoms with Crippen molar-refractivity contribution in [3.05, 3.63) is 54.1 Å². The molecule has 0 aliphatic heterocycles. The Labute approximate surface area is 156 Å². The Balaban J connectivity index is 1.72. The van der Waals surface area contributed by atoms with Crippen LogP contribution < -0.4 is 5.32 Å². The molecule has 3 rings (SSSR count). The molecule has 0 saturated carbocycles. The van der Waals surface area contributed by atoms with Crippen LogP contribution in [-0.2, 0) is 17.1 Å². The molecule has 0 aliphatic rings. The number of amides is 1. The molecule has 1 aromatic heterocycles. The fourth-order valence-corrected chi connectivity index (χ4v) is 3.50. The number of anilines is 1. The first-order chi connectivity index (χ1) is 12.6. The van der Waals surface area contributed by atoms with Crippen LogP contribution in [0.5, 0.6) is 5.75 Å². The van der Waals surface area contributed by atoms with Crippen LogP contribution in [0.4, 0.5) is 5.69 Å². The molecule has 0 saturated heterocycles. The molecular formula is C19H20N4O2S. The molecular weight excluding hydrogens is 348 g/mol. The van der Waals surface area contributed by atoms with Gasteiger partial charge in [0, 0.05) is 30.5 Å². The minimum absolute atomic E-state index is 0.0788. The number of carbonyl (C=O) groups is 1. The van der Waals surface area contributed by atoms with Gasteiger partial charge in [0.25, 0.3) is 0 Å². The van der Waals surface area contributed by atoms with Gasteiger partial charge in [-0.05, 0) is 48.9 Å². The van der Waals surface area contributed by atoms with Crippen molar-refractivity contribution in [1.82, 2.24) is 14.8 Å².